The summed E-state index contributed by atoms with van der Waals surface area (Å²) in [6.07, 6.45) is 1.34. The number of hydrogen-bond donors (Lipinski definition) is 1. The van der Waals surface area contributed by atoms with Gasteiger partial charge in [-0.05, 0) is 37.6 Å². The van der Waals surface area contributed by atoms with Crippen molar-refractivity contribution in [3.05, 3.63) is 30.1 Å². The minimum absolute atomic E-state index is 0.129. The van der Waals surface area contributed by atoms with Crippen LogP contribution < -0.4 is 5.32 Å². The highest BCUT2D eigenvalue weighted by molar-refractivity contribution is 5.45. The van der Waals surface area contributed by atoms with Gasteiger partial charge in [0, 0.05) is 23.8 Å². The fraction of sp³-hybridized carbons (Fsp3) is 0.571. The second-order valence-corrected chi connectivity index (χ2v) is 5.20. The number of hydrogen-bond acceptors (Lipinski definition) is 2. The largest absolute Gasteiger partial charge is 0.382 e. The first-order valence-electron chi connectivity index (χ1n) is 6.17. The summed E-state index contributed by atoms with van der Waals surface area (Å²) in [5.74, 6) is -0.199. The lowest BCUT2D eigenvalue weighted by atomic mass is 9.64. The van der Waals surface area contributed by atoms with Gasteiger partial charge in [-0.25, -0.2) is 4.39 Å². The topological polar surface area (TPSA) is 21.3 Å². The molecule has 1 N–H and O–H groups in total. The van der Waals surface area contributed by atoms with E-state index in [4.69, 9.17) is 4.74 Å². The van der Waals surface area contributed by atoms with Gasteiger partial charge in [-0.1, -0.05) is 13.8 Å². The van der Waals surface area contributed by atoms with Crippen molar-refractivity contribution in [1.29, 1.82) is 0 Å². The Labute approximate surface area is 102 Å². The second-order valence-electron chi connectivity index (χ2n) is 5.20. The lowest BCUT2D eigenvalue weighted by Crippen LogP contribution is -2.58. The third-order valence-corrected chi connectivity index (χ3v) is 3.73. The average molecular weight is 237 g/mol. The van der Waals surface area contributed by atoms with Gasteiger partial charge in [-0.15, -0.1) is 0 Å². The molecule has 1 aliphatic carbocycles. The summed E-state index contributed by atoms with van der Waals surface area (Å²) in [6, 6.07) is 6.91. The van der Waals surface area contributed by atoms with Crippen LogP contribution in [0.2, 0.25) is 0 Å². The minimum Gasteiger partial charge on any atom is -0.382 e. The molecule has 1 aliphatic rings. The quantitative estimate of drug-likeness (QED) is 0.866. The zero-order chi connectivity index (χ0) is 12.5. The van der Waals surface area contributed by atoms with Crippen LogP contribution in [0, 0.1) is 11.2 Å². The maximum absolute atomic E-state index is 12.8. The van der Waals surface area contributed by atoms with Gasteiger partial charge in [0.15, 0.2) is 0 Å². The van der Waals surface area contributed by atoms with Gasteiger partial charge in [0.2, 0.25) is 0 Å². The highest BCUT2D eigenvalue weighted by Gasteiger charge is 2.48. The molecule has 2 atom stereocenters. The van der Waals surface area contributed by atoms with Gasteiger partial charge in [0.25, 0.3) is 0 Å². The smallest absolute Gasteiger partial charge is 0.123 e. The molecule has 3 heteroatoms. The molecule has 1 fully saturated rings. The van der Waals surface area contributed by atoms with Crippen molar-refractivity contribution in [2.45, 2.75) is 39.3 Å². The van der Waals surface area contributed by atoms with E-state index >= 15 is 0 Å². The van der Waals surface area contributed by atoms with Crippen molar-refractivity contribution in [3.8, 4) is 0 Å². The first-order valence-corrected chi connectivity index (χ1v) is 6.17. The van der Waals surface area contributed by atoms with Crippen molar-refractivity contribution in [3.63, 3.8) is 0 Å². The van der Waals surface area contributed by atoms with Crippen molar-refractivity contribution in [2.24, 2.45) is 5.41 Å². The molecule has 2 unspecified atom stereocenters. The molecule has 0 radical (unpaired) electrons. The van der Waals surface area contributed by atoms with E-state index in [1.165, 1.54) is 12.1 Å². The average Bonchev–Trinajstić information content (AvgIpc) is 2.30. The molecular formula is C14H20FNO. The molecule has 2 nitrogen and oxygen atoms in total. The van der Waals surface area contributed by atoms with E-state index in [0.717, 1.165) is 18.7 Å². The summed E-state index contributed by atoms with van der Waals surface area (Å²) in [6.45, 7) is 7.20. The van der Waals surface area contributed by atoms with E-state index in [1.54, 1.807) is 12.1 Å². The summed E-state index contributed by atoms with van der Waals surface area (Å²) in [5, 5.41) is 3.44. The Morgan fingerprint density at radius 1 is 1.35 bits per heavy atom. The number of benzene rings is 1. The SMILES string of the molecule is CCOC1CC(Nc2ccc(F)cc2)C1(C)C. The van der Waals surface area contributed by atoms with Crippen LogP contribution in [-0.4, -0.2) is 18.8 Å². The van der Waals surface area contributed by atoms with Crippen LogP contribution in [0.3, 0.4) is 0 Å². The van der Waals surface area contributed by atoms with Crippen LogP contribution in [0.1, 0.15) is 27.2 Å². The fourth-order valence-electron chi connectivity index (χ4n) is 2.36. The van der Waals surface area contributed by atoms with Gasteiger partial charge in [0.05, 0.1) is 6.10 Å². The number of anilines is 1. The molecule has 0 spiro atoms. The fourth-order valence-corrected chi connectivity index (χ4v) is 2.36. The number of ether oxygens (including phenoxy) is 1. The van der Waals surface area contributed by atoms with Crippen LogP contribution in [0.4, 0.5) is 10.1 Å². The minimum atomic E-state index is -0.199. The molecule has 0 aliphatic heterocycles. The summed E-state index contributed by atoms with van der Waals surface area (Å²) < 4.78 is 18.5. The van der Waals surface area contributed by atoms with E-state index in [1.807, 2.05) is 6.92 Å². The van der Waals surface area contributed by atoms with Crippen molar-refractivity contribution < 1.29 is 9.13 Å². The maximum atomic E-state index is 12.8. The second kappa shape index (κ2) is 4.65. The Bertz CT molecular complexity index is 374. The zero-order valence-corrected chi connectivity index (χ0v) is 10.7. The molecule has 17 heavy (non-hydrogen) atoms. The first-order chi connectivity index (χ1) is 8.04. The Morgan fingerprint density at radius 2 is 2.00 bits per heavy atom. The molecule has 94 valence electrons. The standard InChI is InChI=1S/C14H20FNO/c1-4-17-13-9-12(14(13,2)3)16-11-7-5-10(15)6-8-11/h5-8,12-13,16H,4,9H2,1-3H3. The van der Waals surface area contributed by atoms with Gasteiger partial charge in [0.1, 0.15) is 5.82 Å². The van der Waals surface area contributed by atoms with Crippen molar-refractivity contribution in [1.82, 2.24) is 0 Å². The Kier molecular flexibility index (Phi) is 3.38. The first kappa shape index (κ1) is 12.4. The van der Waals surface area contributed by atoms with Crippen LogP contribution in [0.25, 0.3) is 0 Å². The van der Waals surface area contributed by atoms with E-state index in [9.17, 15) is 4.39 Å². The summed E-state index contributed by atoms with van der Waals surface area (Å²) >= 11 is 0. The maximum Gasteiger partial charge on any atom is 0.123 e. The predicted molar refractivity (Wildman–Crippen MR) is 67.6 cm³/mol. The number of rotatable bonds is 4. The highest BCUT2D eigenvalue weighted by atomic mass is 19.1. The molecular weight excluding hydrogens is 217 g/mol. The van der Waals surface area contributed by atoms with Crippen LogP contribution in [-0.2, 0) is 4.74 Å². The van der Waals surface area contributed by atoms with Gasteiger partial charge >= 0.3 is 0 Å². The summed E-state index contributed by atoms with van der Waals surface area (Å²) in [4.78, 5) is 0. The lowest BCUT2D eigenvalue weighted by molar-refractivity contribution is -0.0975. The molecule has 1 saturated carbocycles. The molecule has 0 bridgehead atoms. The third kappa shape index (κ3) is 2.44. The molecule has 1 aromatic carbocycles. The van der Waals surface area contributed by atoms with Gasteiger partial charge in [-0.3, -0.25) is 0 Å². The summed E-state index contributed by atoms with van der Waals surface area (Å²) in [5.41, 5.74) is 1.10. The normalized spacial score (nSPS) is 26.4. The molecule has 0 amide bonds. The van der Waals surface area contributed by atoms with E-state index in [0.29, 0.717) is 12.1 Å². The van der Waals surface area contributed by atoms with E-state index in [-0.39, 0.29) is 11.2 Å². The van der Waals surface area contributed by atoms with E-state index in [2.05, 4.69) is 19.2 Å². The Hall–Kier alpha value is -1.09. The molecule has 2 rings (SSSR count). The highest BCUT2D eigenvalue weighted by Crippen LogP contribution is 2.44. The van der Waals surface area contributed by atoms with Gasteiger partial charge in [-0.2, -0.15) is 0 Å². The molecule has 1 aromatic rings. The van der Waals surface area contributed by atoms with Crippen LogP contribution in [0.15, 0.2) is 24.3 Å². The third-order valence-electron chi connectivity index (χ3n) is 3.73. The number of halogens is 1. The van der Waals surface area contributed by atoms with Crippen molar-refractivity contribution >= 4 is 5.69 Å². The summed E-state index contributed by atoms with van der Waals surface area (Å²) in [7, 11) is 0. The lowest BCUT2D eigenvalue weighted by Gasteiger charge is -2.52. The Balaban J connectivity index is 1.95. The molecule has 0 heterocycles. The molecule has 0 saturated heterocycles. The number of nitrogens with one attached hydrogen (secondary N) is 1. The monoisotopic (exact) mass is 237 g/mol. The van der Waals surface area contributed by atoms with Gasteiger partial charge < -0.3 is 10.1 Å². The Morgan fingerprint density at radius 3 is 2.53 bits per heavy atom. The van der Waals surface area contributed by atoms with Crippen LogP contribution in [0.5, 0.6) is 0 Å². The predicted octanol–water partition coefficient (Wildman–Crippen LogP) is 3.44. The van der Waals surface area contributed by atoms with E-state index < -0.39 is 0 Å². The zero-order valence-electron chi connectivity index (χ0n) is 10.7. The van der Waals surface area contributed by atoms with Crippen molar-refractivity contribution in [2.75, 3.05) is 11.9 Å². The molecule has 0 aromatic heterocycles. The van der Waals surface area contributed by atoms with Crippen LogP contribution >= 0.6 is 0 Å².